The second kappa shape index (κ2) is 2.06. The van der Waals surface area contributed by atoms with E-state index in [1.165, 1.54) is 0 Å². The van der Waals surface area contributed by atoms with Crippen molar-refractivity contribution in [3.63, 3.8) is 0 Å². The molecule has 0 fully saturated rings. The number of nitrogens with zero attached hydrogens (tertiary/aromatic N) is 1. The first kappa shape index (κ1) is 6.10. The molecule has 1 atom stereocenters. The van der Waals surface area contributed by atoms with Gasteiger partial charge in [0.1, 0.15) is 0 Å². The monoisotopic (exact) mass is 127 g/mol. The molecule has 0 aliphatic carbocycles. The molecule has 0 aromatic heterocycles. The Hall–Kier alpha value is -1.03. The Balaban J connectivity index is 2.65. The van der Waals surface area contributed by atoms with E-state index in [0.717, 1.165) is 5.01 Å². The van der Waals surface area contributed by atoms with Crippen LogP contribution in [0.1, 0.15) is 6.92 Å². The van der Waals surface area contributed by atoms with Crippen LogP contribution in [0.2, 0.25) is 0 Å². The van der Waals surface area contributed by atoms with Gasteiger partial charge in [0.2, 0.25) is 0 Å². The van der Waals surface area contributed by atoms with Gasteiger partial charge < -0.3 is 5.32 Å². The lowest BCUT2D eigenvalue weighted by atomic mass is 10.3. The van der Waals surface area contributed by atoms with Gasteiger partial charge >= 0.3 is 6.03 Å². The lowest BCUT2D eigenvalue weighted by Gasteiger charge is -2.20. The molecule has 0 bridgehead atoms. The Labute approximate surface area is 53.3 Å². The second-order valence-corrected chi connectivity index (χ2v) is 1.99. The maximum atomic E-state index is 10.6. The van der Waals surface area contributed by atoms with Crippen LogP contribution in [0.3, 0.4) is 0 Å². The number of rotatable bonds is 0. The number of hydrogen-bond acceptors (Lipinski definition) is 2. The normalized spacial score (nSPS) is 26.2. The van der Waals surface area contributed by atoms with Crippen LogP contribution in [0.15, 0.2) is 12.3 Å². The number of carbonyl (C=O) groups excluding carboxylic acids is 1. The molecule has 2 amide bonds. The highest BCUT2D eigenvalue weighted by Crippen LogP contribution is 1.94. The van der Waals surface area contributed by atoms with E-state index in [0.29, 0.717) is 0 Å². The third kappa shape index (κ3) is 1.20. The number of nitrogens with two attached hydrogens (primary N) is 1. The number of hydrazine groups is 1. The molecule has 0 aromatic rings. The van der Waals surface area contributed by atoms with Crippen LogP contribution in [0.4, 0.5) is 4.79 Å². The van der Waals surface area contributed by atoms with Crippen LogP contribution in [0, 0.1) is 0 Å². The Morgan fingerprint density at radius 2 is 2.56 bits per heavy atom. The van der Waals surface area contributed by atoms with Gasteiger partial charge in [0, 0.05) is 12.2 Å². The van der Waals surface area contributed by atoms with Crippen molar-refractivity contribution in [3.8, 4) is 0 Å². The van der Waals surface area contributed by atoms with Crippen LogP contribution in [-0.4, -0.2) is 17.1 Å². The number of urea groups is 1. The Morgan fingerprint density at radius 1 is 1.89 bits per heavy atom. The summed E-state index contributed by atoms with van der Waals surface area (Å²) >= 11 is 0. The molecule has 0 spiro atoms. The van der Waals surface area contributed by atoms with Crippen LogP contribution in [0.25, 0.3) is 0 Å². The lowest BCUT2D eigenvalue weighted by Crippen LogP contribution is -2.47. The fraction of sp³-hybridized carbons (Fsp3) is 0.400. The Morgan fingerprint density at radius 3 is 3.00 bits per heavy atom. The lowest BCUT2D eigenvalue weighted by molar-refractivity contribution is 0.211. The average molecular weight is 127 g/mol. The maximum Gasteiger partial charge on any atom is 0.336 e. The van der Waals surface area contributed by atoms with E-state index >= 15 is 0 Å². The molecule has 4 nitrogen and oxygen atoms in total. The summed E-state index contributed by atoms with van der Waals surface area (Å²) in [6.07, 6.45) is 3.35. The number of carbonyl (C=O) groups is 1. The highest BCUT2D eigenvalue weighted by molar-refractivity contribution is 5.76. The third-order valence-electron chi connectivity index (χ3n) is 1.12. The van der Waals surface area contributed by atoms with Crippen LogP contribution in [0.5, 0.6) is 0 Å². The first-order valence-electron chi connectivity index (χ1n) is 2.73. The van der Waals surface area contributed by atoms with Gasteiger partial charge in [-0.1, -0.05) is 0 Å². The molecular formula is C5H9N3O. The summed E-state index contributed by atoms with van der Waals surface area (Å²) in [5.41, 5.74) is 0. The quantitative estimate of drug-likeness (QED) is 0.349. The fourth-order valence-corrected chi connectivity index (χ4v) is 0.607. The minimum absolute atomic E-state index is 0.0947. The summed E-state index contributed by atoms with van der Waals surface area (Å²) in [5.74, 6) is 5.17. The van der Waals surface area contributed by atoms with E-state index in [2.05, 4.69) is 5.32 Å². The predicted molar refractivity (Wildman–Crippen MR) is 33.2 cm³/mol. The van der Waals surface area contributed by atoms with E-state index in [1.54, 1.807) is 12.3 Å². The topological polar surface area (TPSA) is 58.4 Å². The van der Waals surface area contributed by atoms with Crippen molar-refractivity contribution in [1.29, 1.82) is 0 Å². The third-order valence-corrected chi connectivity index (χ3v) is 1.12. The van der Waals surface area contributed by atoms with Gasteiger partial charge in [-0.05, 0) is 13.0 Å². The van der Waals surface area contributed by atoms with Gasteiger partial charge in [0.05, 0.1) is 0 Å². The summed E-state index contributed by atoms with van der Waals surface area (Å²) < 4.78 is 0. The molecule has 0 saturated carbocycles. The van der Waals surface area contributed by atoms with E-state index in [9.17, 15) is 4.79 Å². The SMILES string of the molecule is CC1C=CN(N)C(=O)N1. The Kier molecular flexibility index (Phi) is 1.40. The van der Waals surface area contributed by atoms with Crippen LogP contribution >= 0.6 is 0 Å². The van der Waals surface area contributed by atoms with E-state index < -0.39 is 0 Å². The number of amides is 2. The van der Waals surface area contributed by atoms with Crippen molar-refractivity contribution in [1.82, 2.24) is 10.3 Å². The van der Waals surface area contributed by atoms with Crippen LogP contribution in [-0.2, 0) is 0 Å². The maximum absolute atomic E-state index is 10.6. The largest absolute Gasteiger partial charge is 0.336 e. The predicted octanol–water partition coefficient (Wildman–Crippen LogP) is -0.212. The van der Waals surface area contributed by atoms with Crippen molar-refractivity contribution < 1.29 is 4.79 Å². The molecule has 3 N–H and O–H groups in total. The van der Waals surface area contributed by atoms with E-state index in [4.69, 9.17) is 5.84 Å². The summed E-state index contributed by atoms with van der Waals surface area (Å²) in [5, 5.41) is 3.62. The van der Waals surface area contributed by atoms with Gasteiger partial charge in [0.25, 0.3) is 0 Å². The second-order valence-electron chi connectivity index (χ2n) is 1.99. The molecule has 0 aromatic carbocycles. The molecule has 1 aliphatic rings. The zero-order chi connectivity index (χ0) is 6.85. The minimum Gasteiger partial charge on any atom is -0.331 e. The van der Waals surface area contributed by atoms with Gasteiger partial charge in [-0.15, -0.1) is 0 Å². The Bertz CT molecular complexity index is 154. The van der Waals surface area contributed by atoms with E-state index in [-0.39, 0.29) is 12.1 Å². The molecule has 1 aliphatic heterocycles. The van der Waals surface area contributed by atoms with Crippen molar-refractivity contribution in [2.75, 3.05) is 0 Å². The molecule has 0 saturated heterocycles. The summed E-state index contributed by atoms with van der Waals surface area (Å²) in [6, 6.07) is -0.165. The molecular weight excluding hydrogens is 118 g/mol. The zero-order valence-electron chi connectivity index (χ0n) is 5.16. The van der Waals surface area contributed by atoms with E-state index in [1.807, 2.05) is 6.92 Å². The smallest absolute Gasteiger partial charge is 0.331 e. The first-order chi connectivity index (χ1) is 4.20. The minimum atomic E-state index is -0.259. The number of hydrogen-bond donors (Lipinski definition) is 2. The van der Waals surface area contributed by atoms with Gasteiger partial charge in [-0.3, -0.25) is 0 Å². The molecule has 4 heteroatoms. The standard InChI is InChI=1S/C5H9N3O/c1-4-2-3-8(6)5(9)7-4/h2-4H,6H2,1H3,(H,7,9). The molecule has 0 radical (unpaired) electrons. The zero-order valence-corrected chi connectivity index (χ0v) is 5.16. The highest BCUT2D eigenvalue weighted by atomic mass is 16.2. The van der Waals surface area contributed by atoms with Crippen molar-refractivity contribution in [3.05, 3.63) is 12.3 Å². The molecule has 1 heterocycles. The van der Waals surface area contributed by atoms with Gasteiger partial charge in [-0.25, -0.2) is 15.6 Å². The van der Waals surface area contributed by atoms with Crippen molar-refractivity contribution in [2.24, 2.45) is 5.84 Å². The highest BCUT2D eigenvalue weighted by Gasteiger charge is 2.12. The molecule has 1 unspecified atom stereocenters. The van der Waals surface area contributed by atoms with Crippen LogP contribution < -0.4 is 11.2 Å². The fourth-order valence-electron chi connectivity index (χ4n) is 0.607. The summed E-state index contributed by atoms with van der Waals surface area (Å²) in [4.78, 5) is 10.6. The number of nitrogens with one attached hydrogen (secondary N) is 1. The van der Waals surface area contributed by atoms with Gasteiger partial charge in [-0.2, -0.15) is 0 Å². The van der Waals surface area contributed by atoms with Gasteiger partial charge in [0.15, 0.2) is 0 Å². The molecule has 9 heavy (non-hydrogen) atoms. The molecule has 1 rings (SSSR count). The first-order valence-corrected chi connectivity index (χ1v) is 2.73. The molecule has 50 valence electrons. The summed E-state index contributed by atoms with van der Waals surface area (Å²) in [6.45, 7) is 1.88. The summed E-state index contributed by atoms with van der Waals surface area (Å²) in [7, 11) is 0. The van der Waals surface area contributed by atoms with Crippen molar-refractivity contribution in [2.45, 2.75) is 13.0 Å². The van der Waals surface area contributed by atoms with Crippen molar-refractivity contribution >= 4 is 6.03 Å². The average Bonchev–Trinajstić information content (AvgIpc) is 1.80.